The van der Waals surface area contributed by atoms with Gasteiger partial charge in [-0.1, -0.05) is 0 Å². The van der Waals surface area contributed by atoms with Gasteiger partial charge in [0.2, 0.25) is 10.0 Å². The first kappa shape index (κ1) is 16.4. The van der Waals surface area contributed by atoms with Crippen LogP contribution in [-0.2, 0) is 10.0 Å². The number of hydrogen-bond acceptors (Lipinski definition) is 6. The van der Waals surface area contributed by atoms with Crippen LogP contribution in [0.15, 0.2) is 47.6 Å². The second-order valence-electron chi connectivity index (χ2n) is 5.41. The minimum Gasteiger partial charge on any atom is -0.459 e. The summed E-state index contributed by atoms with van der Waals surface area (Å²) in [7, 11) is -3.61. The molecule has 1 saturated heterocycles. The lowest BCUT2D eigenvalue weighted by molar-refractivity contribution is 0.119. The molecule has 1 aliphatic rings. The Bertz CT molecular complexity index is 832. The van der Waals surface area contributed by atoms with E-state index in [4.69, 9.17) is 10.00 Å². The van der Waals surface area contributed by atoms with Gasteiger partial charge in [0.05, 0.1) is 23.1 Å². The van der Waals surface area contributed by atoms with E-state index in [1.165, 1.54) is 28.6 Å². The lowest BCUT2D eigenvalue weighted by Crippen LogP contribution is -2.44. The molecule has 8 heteroatoms. The highest BCUT2D eigenvalue weighted by Gasteiger charge is 2.31. The molecular formula is C16H16N4O3S. The highest BCUT2D eigenvalue weighted by Crippen LogP contribution is 2.22. The van der Waals surface area contributed by atoms with E-state index in [0.717, 1.165) is 6.42 Å². The number of rotatable bonds is 4. The van der Waals surface area contributed by atoms with Crippen LogP contribution >= 0.6 is 0 Å². The largest absolute Gasteiger partial charge is 0.459 e. The topological polar surface area (TPSA) is 96.2 Å². The van der Waals surface area contributed by atoms with Gasteiger partial charge in [-0.15, -0.1) is 0 Å². The Morgan fingerprint density at radius 2 is 1.92 bits per heavy atom. The maximum Gasteiger partial charge on any atom is 0.316 e. The fourth-order valence-electron chi connectivity index (χ4n) is 2.57. The molecule has 1 unspecified atom stereocenters. The summed E-state index contributed by atoms with van der Waals surface area (Å²) in [6.45, 7) is 0.693. The number of aromatic nitrogens is 2. The Morgan fingerprint density at radius 1 is 1.21 bits per heavy atom. The van der Waals surface area contributed by atoms with Gasteiger partial charge in [-0.25, -0.2) is 18.4 Å². The molecule has 1 aliphatic heterocycles. The van der Waals surface area contributed by atoms with E-state index in [1.807, 2.05) is 6.07 Å². The summed E-state index contributed by atoms with van der Waals surface area (Å²) in [4.78, 5) is 8.19. The minimum absolute atomic E-state index is 0.179. The lowest BCUT2D eigenvalue weighted by Gasteiger charge is -2.31. The van der Waals surface area contributed by atoms with Crippen LogP contribution in [0, 0.1) is 11.3 Å². The summed E-state index contributed by atoms with van der Waals surface area (Å²) < 4.78 is 32.6. The first-order valence-corrected chi connectivity index (χ1v) is 8.97. The van der Waals surface area contributed by atoms with Gasteiger partial charge in [0.1, 0.15) is 6.10 Å². The second-order valence-corrected chi connectivity index (χ2v) is 7.35. The Hall–Kier alpha value is -2.50. The number of hydrogen-bond donors (Lipinski definition) is 0. The maximum absolute atomic E-state index is 12.7. The molecule has 1 aromatic heterocycles. The van der Waals surface area contributed by atoms with Crippen molar-refractivity contribution in [1.29, 1.82) is 5.26 Å². The molecule has 0 spiro atoms. The number of nitrogens with zero attached hydrogens (tertiary/aromatic N) is 4. The highest BCUT2D eigenvalue weighted by atomic mass is 32.2. The second kappa shape index (κ2) is 6.95. The number of nitriles is 1. The van der Waals surface area contributed by atoms with E-state index in [9.17, 15) is 8.42 Å². The van der Waals surface area contributed by atoms with E-state index in [2.05, 4.69) is 9.97 Å². The summed E-state index contributed by atoms with van der Waals surface area (Å²) in [6, 6.07) is 9.84. The highest BCUT2D eigenvalue weighted by molar-refractivity contribution is 7.89. The molecule has 0 N–H and O–H groups in total. The first-order chi connectivity index (χ1) is 11.6. The molecule has 1 atom stereocenters. The summed E-state index contributed by atoms with van der Waals surface area (Å²) in [5, 5.41) is 8.82. The molecule has 1 fully saturated rings. The van der Waals surface area contributed by atoms with Gasteiger partial charge in [-0.05, 0) is 43.2 Å². The summed E-state index contributed by atoms with van der Waals surface area (Å²) in [5.74, 6) is 0. The van der Waals surface area contributed by atoms with E-state index >= 15 is 0 Å². The molecule has 0 bridgehead atoms. The van der Waals surface area contributed by atoms with E-state index in [1.54, 1.807) is 18.5 Å². The van der Waals surface area contributed by atoms with Gasteiger partial charge < -0.3 is 4.74 Å². The number of sulfonamides is 1. The molecule has 0 radical (unpaired) electrons. The van der Waals surface area contributed by atoms with Gasteiger partial charge in [-0.2, -0.15) is 9.57 Å². The Morgan fingerprint density at radius 3 is 2.58 bits per heavy atom. The van der Waals surface area contributed by atoms with Crippen molar-refractivity contribution >= 4 is 10.0 Å². The molecule has 0 aliphatic carbocycles. The van der Waals surface area contributed by atoms with Gasteiger partial charge >= 0.3 is 6.01 Å². The molecule has 3 rings (SSSR count). The summed E-state index contributed by atoms with van der Waals surface area (Å²) in [6.07, 6.45) is 4.33. The third-order valence-corrected chi connectivity index (χ3v) is 5.66. The van der Waals surface area contributed by atoms with Crippen molar-refractivity contribution in [2.45, 2.75) is 23.8 Å². The Kier molecular flexibility index (Phi) is 4.74. The molecule has 124 valence electrons. The molecule has 24 heavy (non-hydrogen) atoms. The smallest absolute Gasteiger partial charge is 0.316 e. The van der Waals surface area contributed by atoms with E-state index in [0.29, 0.717) is 18.5 Å². The molecule has 1 aromatic carbocycles. The van der Waals surface area contributed by atoms with Crippen molar-refractivity contribution in [3.63, 3.8) is 0 Å². The van der Waals surface area contributed by atoms with Crippen molar-refractivity contribution in [1.82, 2.24) is 14.3 Å². The third kappa shape index (κ3) is 3.53. The van der Waals surface area contributed by atoms with Crippen LogP contribution in [0.5, 0.6) is 6.01 Å². The van der Waals surface area contributed by atoms with Crippen molar-refractivity contribution in [2.24, 2.45) is 0 Å². The minimum atomic E-state index is -3.61. The van der Waals surface area contributed by atoms with Crippen LogP contribution in [0.1, 0.15) is 18.4 Å². The molecule has 2 heterocycles. The predicted octanol–water partition coefficient (Wildman–Crippen LogP) is 1.58. The number of ether oxygens (including phenoxy) is 1. The van der Waals surface area contributed by atoms with Crippen LogP contribution in [0.3, 0.4) is 0 Å². The van der Waals surface area contributed by atoms with Crippen molar-refractivity contribution < 1.29 is 13.2 Å². The van der Waals surface area contributed by atoms with E-state index in [-0.39, 0.29) is 23.6 Å². The molecule has 0 saturated carbocycles. The maximum atomic E-state index is 12.7. The average molecular weight is 344 g/mol. The monoisotopic (exact) mass is 344 g/mol. The van der Waals surface area contributed by atoms with Crippen LogP contribution in [0.2, 0.25) is 0 Å². The summed E-state index contributed by atoms with van der Waals surface area (Å²) in [5.41, 5.74) is 0.426. The SMILES string of the molecule is N#Cc1ccc(S(=O)(=O)N2CCCC(Oc3ncccn3)C2)cc1. The first-order valence-electron chi connectivity index (χ1n) is 7.53. The van der Waals surface area contributed by atoms with Gasteiger partial charge in [0, 0.05) is 18.9 Å². The van der Waals surface area contributed by atoms with Crippen LogP contribution in [0.4, 0.5) is 0 Å². The van der Waals surface area contributed by atoms with Crippen LogP contribution in [-0.4, -0.2) is 41.9 Å². The lowest BCUT2D eigenvalue weighted by atomic mass is 10.1. The van der Waals surface area contributed by atoms with Crippen molar-refractivity contribution in [3.8, 4) is 12.1 Å². The standard InChI is InChI=1S/C16H16N4O3S/c17-11-13-4-6-15(7-5-13)24(21,22)20-10-1-3-14(12-20)23-16-18-8-2-9-19-16/h2,4-9,14H,1,3,10,12H2. The molecule has 2 aromatic rings. The quantitative estimate of drug-likeness (QED) is 0.835. The Labute approximate surface area is 140 Å². The summed E-state index contributed by atoms with van der Waals surface area (Å²) >= 11 is 0. The normalized spacial score (nSPS) is 18.7. The van der Waals surface area contributed by atoms with Crippen LogP contribution in [0.25, 0.3) is 0 Å². The third-order valence-electron chi connectivity index (χ3n) is 3.78. The van der Waals surface area contributed by atoms with Crippen LogP contribution < -0.4 is 4.74 Å². The number of piperidine rings is 1. The fraction of sp³-hybridized carbons (Fsp3) is 0.312. The van der Waals surface area contributed by atoms with Gasteiger partial charge in [0.25, 0.3) is 0 Å². The van der Waals surface area contributed by atoms with Crippen molar-refractivity contribution in [3.05, 3.63) is 48.3 Å². The Balaban J connectivity index is 1.74. The fourth-order valence-corrected chi connectivity index (χ4v) is 4.08. The molecular weight excluding hydrogens is 328 g/mol. The zero-order valence-electron chi connectivity index (χ0n) is 12.9. The molecule has 0 amide bonds. The zero-order valence-corrected chi connectivity index (χ0v) is 13.7. The number of benzene rings is 1. The molecule has 7 nitrogen and oxygen atoms in total. The van der Waals surface area contributed by atoms with Crippen molar-refractivity contribution in [2.75, 3.05) is 13.1 Å². The zero-order chi connectivity index (χ0) is 17.0. The predicted molar refractivity (Wildman–Crippen MR) is 85.6 cm³/mol. The van der Waals surface area contributed by atoms with Gasteiger partial charge in [-0.3, -0.25) is 0 Å². The average Bonchev–Trinajstić information content (AvgIpc) is 2.63. The van der Waals surface area contributed by atoms with Gasteiger partial charge in [0.15, 0.2) is 0 Å². The van der Waals surface area contributed by atoms with E-state index < -0.39 is 10.0 Å².